The quantitative estimate of drug-likeness (QED) is 0.647. The van der Waals surface area contributed by atoms with Crippen molar-refractivity contribution in [3.8, 4) is 5.69 Å². The summed E-state index contributed by atoms with van der Waals surface area (Å²) in [5.74, 6) is -0.802. The van der Waals surface area contributed by atoms with Crippen LogP contribution in [0.5, 0.6) is 0 Å². The summed E-state index contributed by atoms with van der Waals surface area (Å²) >= 11 is 12.8. The average molecular weight is 397 g/mol. The highest BCUT2D eigenvalue weighted by Gasteiger charge is 2.11. The predicted molar refractivity (Wildman–Crippen MR) is 97.1 cm³/mol. The van der Waals surface area contributed by atoms with Crippen molar-refractivity contribution in [3.05, 3.63) is 64.7 Å². The van der Waals surface area contributed by atoms with E-state index >= 15 is 0 Å². The van der Waals surface area contributed by atoms with Crippen molar-refractivity contribution in [1.29, 1.82) is 0 Å². The van der Waals surface area contributed by atoms with Gasteiger partial charge in [-0.3, -0.25) is 9.36 Å². The zero-order valence-electron chi connectivity index (χ0n) is 12.6. The molecule has 0 saturated heterocycles. The smallest absolute Gasteiger partial charge is 0.234 e. The Kier molecular flexibility index (Phi) is 5.57. The van der Waals surface area contributed by atoms with Crippen LogP contribution in [0.2, 0.25) is 10.0 Å². The molecule has 0 aliphatic rings. The first-order chi connectivity index (χ1) is 12.0. The molecule has 3 rings (SSSR count). The van der Waals surface area contributed by atoms with Gasteiger partial charge in [-0.1, -0.05) is 41.0 Å². The van der Waals surface area contributed by atoms with Crippen molar-refractivity contribution in [2.75, 3.05) is 11.1 Å². The number of nitrogens with one attached hydrogen (secondary N) is 1. The molecule has 0 aliphatic heterocycles. The molecule has 25 heavy (non-hydrogen) atoms. The molecule has 0 saturated carbocycles. The maximum atomic E-state index is 13.4. The maximum absolute atomic E-state index is 13.4. The van der Waals surface area contributed by atoms with Crippen LogP contribution in [0.4, 0.5) is 10.1 Å². The molecule has 1 amide bonds. The van der Waals surface area contributed by atoms with Crippen molar-refractivity contribution in [2.45, 2.75) is 5.16 Å². The normalized spacial score (nSPS) is 10.7. The average Bonchev–Trinajstić information content (AvgIpc) is 3.05. The number of hydrogen-bond donors (Lipinski definition) is 1. The Bertz CT molecular complexity index is 919. The number of rotatable bonds is 5. The van der Waals surface area contributed by atoms with Gasteiger partial charge in [-0.05, 0) is 36.4 Å². The van der Waals surface area contributed by atoms with E-state index in [4.69, 9.17) is 23.2 Å². The predicted octanol–water partition coefficient (Wildman–Crippen LogP) is 4.44. The second kappa shape index (κ2) is 7.86. The van der Waals surface area contributed by atoms with E-state index in [-0.39, 0.29) is 16.7 Å². The van der Waals surface area contributed by atoms with Crippen LogP contribution in [0.3, 0.4) is 0 Å². The number of amides is 1. The number of carbonyl (C=O) groups is 1. The van der Waals surface area contributed by atoms with Crippen LogP contribution >= 0.6 is 35.0 Å². The molecule has 1 heterocycles. The van der Waals surface area contributed by atoms with E-state index in [0.717, 1.165) is 5.69 Å². The van der Waals surface area contributed by atoms with Crippen LogP contribution in [-0.4, -0.2) is 26.4 Å². The molecular weight excluding hydrogens is 386 g/mol. The van der Waals surface area contributed by atoms with Crippen LogP contribution in [0, 0.1) is 5.82 Å². The first-order valence-corrected chi connectivity index (χ1v) is 8.81. The van der Waals surface area contributed by atoms with Gasteiger partial charge in [0.2, 0.25) is 5.91 Å². The zero-order chi connectivity index (χ0) is 17.8. The number of hydrogen-bond acceptors (Lipinski definition) is 4. The van der Waals surface area contributed by atoms with E-state index in [1.54, 1.807) is 23.0 Å². The second-order valence-electron chi connectivity index (χ2n) is 4.93. The SMILES string of the molecule is O=C(CSc1nncn1-c1cccc(Cl)c1)Nc1ccc(Cl)c(F)c1. The summed E-state index contributed by atoms with van der Waals surface area (Å²) in [6, 6.07) is 11.3. The lowest BCUT2D eigenvalue weighted by molar-refractivity contribution is -0.113. The molecule has 0 aliphatic carbocycles. The number of aromatic nitrogens is 3. The summed E-state index contributed by atoms with van der Waals surface area (Å²) in [7, 11) is 0. The van der Waals surface area contributed by atoms with Crippen molar-refractivity contribution in [2.24, 2.45) is 0 Å². The minimum atomic E-state index is -0.590. The summed E-state index contributed by atoms with van der Waals surface area (Å²) in [5.41, 5.74) is 1.13. The third-order valence-electron chi connectivity index (χ3n) is 3.14. The van der Waals surface area contributed by atoms with Gasteiger partial charge in [0.1, 0.15) is 12.1 Å². The van der Waals surface area contributed by atoms with Gasteiger partial charge in [0.25, 0.3) is 0 Å². The highest BCUT2D eigenvalue weighted by Crippen LogP contribution is 2.22. The van der Waals surface area contributed by atoms with Crippen molar-refractivity contribution in [3.63, 3.8) is 0 Å². The maximum Gasteiger partial charge on any atom is 0.234 e. The molecular formula is C16H11Cl2FN4OS. The number of carbonyl (C=O) groups excluding carboxylic acids is 1. The van der Waals surface area contributed by atoms with Crippen molar-refractivity contribution >= 4 is 46.6 Å². The Balaban J connectivity index is 1.65. The highest BCUT2D eigenvalue weighted by atomic mass is 35.5. The summed E-state index contributed by atoms with van der Waals surface area (Å²) in [4.78, 5) is 12.0. The van der Waals surface area contributed by atoms with Crippen LogP contribution in [-0.2, 0) is 4.79 Å². The molecule has 5 nitrogen and oxygen atoms in total. The Morgan fingerprint density at radius 2 is 2.08 bits per heavy atom. The number of benzene rings is 2. The molecule has 0 unspecified atom stereocenters. The number of anilines is 1. The number of thioether (sulfide) groups is 1. The molecule has 128 valence electrons. The van der Waals surface area contributed by atoms with Gasteiger partial charge < -0.3 is 5.32 Å². The van der Waals surface area contributed by atoms with E-state index in [1.807, 2.05) is 12.1 Å². The summed E-state index contributed by atoms with van der Waals surface area (Å²) in [6.07, 6.45) is 1.54. The molecule has 0 fully saturated rings. The minimum Gasteiger partial charge on any atom is -0.325 e. The summed E-state index contributed by atoms with van der Waals surface area (Å²) in [6.45, 7) is 0. The third kappa shape index (κ3) is 4.50. The van der Waals surface area contributed by atoms with Crippen LogP contribution in [0.1, 0.15) is 0 Å². The van der Waals surface area contributed by atoms with Gasteiger partial charge in [0.05, 0.1) is 16.5 Å². The highest BCUT2D eigenvalue weighted by molar-refractivity contribution is 7.99. The van der Waals surface area contributed by atoms with Gasteiger partial charge in [0.15, 0.2) is 5.16 Å². The first kappa shape index (κ1) is 17.7. The second-order valence-corrected chi connectivity index (χ2v) is 6.72. The molecule has 0 spiro atoms. The van der Waals surface area contributed by atoms with Gasteiger partial charge in [0, 0.05) is 10.7 Å². The third-order valence-corrected chi connectivity index (χ3v) is 4.62. The largest absolute Gasteiger partial charge is 0.325 e. The van der Waals surface area contributed by atoms with Gasteiger partial charge in [-0.25, -0.2) is 4.39 Å². The molecule has 1 N–H and O–H groups in total. The van der Waals surface area contributed by atoms with E-state index < -0.39 is 5.82 Å². The van der Waals surface area contributed by atoms with E-state index in [9.17, 15) is 9.18 Å². The van der Waals surface area contributed by atoms with Gasteiger partial charge >= 0.3 is 0 Å². The van der Waals surface area contributed by atoms with Gasteiger partial charge in [-0.15, -0.1) is 10.2 Å². The monoisotopic (exact) mass is 396 g/mol. The Morgan fingerprint density at radius 1 is 1.24 bits per heavy atom. The van der Waals surface area contributed by atoms with Crippen LogP contribution < -0.4 is 5.32 Å². The fourth-order valence-corrected chi connectivity index (χ4v) is 3.06. The van der Waals surface area contributed by atoms with Crippen molar-refractivity contribution < 1.29 is 9.18 Å². The van der Waals surface area contributed by atoms with E-state index in [1.165, 1.54) is 30.0 Å². The Hall–Kier alpha value is -2.09. The Morgan fingerprint density at radius 3 is 2.84 bits per heavy atom. The lowest BCUT2D eigenvalue weighted by atomic mass is 10.3. The fraction of sp³-hybridized carbons (Fsp3) is 0.0625. The summed E-state index contributed by atoms with van der Waals surface area (Å²) < 4.78 is 15.1. The lowest BCUT2D eigenvalue weighted by Gasteiger charge is -2.07. The molecule has 0 atom stereocenters. The Labute approximate surface area is 157 Å². The minimum absolute atomic E-state index is 0.00185. The first-order valence-electron chi connectivity index (χ1n) is 7.06. The van der Waals surface area contributed by atoms with E-state index in [2.05, 4.69) is 15.5 Å². The standard InChI is InChI=1S/C16H11Cl2FN4OS/c17-10-2-1-3-12(6-10)23-9-20-22-16(23)25-8-15(24)21-11-4-5-13(18)14(19)7-11/h1-7,9H,8H2,(H,21,24). The number of halogens is 3. The molecule has 3 aromatic rings. The zero-order valence-corrected chi connectivity index (χ0v) is 14.9. The molecule has 9 heteroatoms. The van der Waals surface area contributed by atoms with Crippen molar-refractivity contribution in [1.82, 2.24) is 14.8 Å². The summed E-state index contributed by atoms with van der Waals surface area (Å²) in [5, 5.41) is 11.6. The molecule has 0 radical (unpaired) electrons. The van der Waals surface area contributed by atoms with E-state index in [0.29, 0.717) is 15.9 Å². The number of nitrogens with zero attached hydrogens (tertiary/aromatic N) is 3. The molecule has 0 bridgehead atoms. The molecule has 1 aromatic heterocycles. The van der Waals surface area contributed by atoms with Gasteiger partial charge in [-0.2, -0.15) is 0 Å². The van der Waals surface area contributed by atoms with Crippen LogP contribution in [0.15, 0.2) is 53.9 Å². The fourth-order valence-electron chi connectivity index (χ4n) is 2.03. The molecule has 2 aromatic carbocycles. The lowest BCUT2D eigenvalue weighted by Crippen LogP contribution is -2.14. The van der Waals surface area contributed by atoms with Crippen LogP contribution in [0.25, 0.3) is 5.69 Å². The topological polar surface area (TPSA) is 59.8 Å².